The third kappa shape index (κ3) is 2.01. The highest BCUT2D eigenvalue weighted by Crippen LogP contribution is 2.57. The number of rotatable bonds is 2. The Morgan fingerprint density at radius 1 is 1.29 bits per heavy atom. The summed E-state index contributed by atoms with van der Waals surface area (Å²) in [5.41, 5.74) is 2.35. The molecule has 0 heterocycles. The highest BCUT2D eigenvalue weighted by Gasteiger charge is 2.55. The summed E-state index contributed by atoms with van der Waals surface area (Å²) < 4.78 is 5.41. The van der Waals surface area contributed by atoms with Gasteiger partial charge in [-0.1, -0.05) is 19.9 Å². The van der Waals surface area contributed by atoms with Crippen LogP contribution in [-0.4, -0.2) is 30.0 Å². The summed E-state index contributed by atoms with van der Waals surface area (Å²) in [5, 5.41) is 20.4. The lowest BCUT2D eigenvalue weighted by Gasteiger charge is -2.56. The molecule has 3 nitrogen and oxygen atoms in total. The topological polar surface area (TPSA) is 49.7 Å². The minimum Gasteiger partial charge on any atom is -0.497 e. The molecule has 0 amide bonds. The van der Waals surface area contributed by atoms with Gasteiger partial charge in [-0.15, -0.1) is 0 Å². The molecule has 21 heavy (non-hydrogen) atoms. The molecule has 0 spiro atoms. The summed E-state index contributed by atoms with van der Waals surface area (Å²) in [6.45, 7) is 4.40. The van der Waals surface area contributed by atoms with Crippen LogP contribution >= 0.6 is 0 Å². The number of aryl methyl sites for hydroxylation is 1. The van der Waals surface area contributed by atoms with Gasteiger partial charge in [0.05, 0.1) is 19.8 Å². The Labute approximate surface area is 127 Å². The standard InChI is InChI=1S/C18H26O3/c1-17-9-8-16(20)18(2,11-19)15(17)7-5-12-4-6-13(21-3)10-14(12)17/h4,6,10,15-16,19-20H,5,7-9,11H2,1-3H3/t15-,16-,17-,18+/m1/s1. The Morgan fingerprint density at radius 2 is 2.05 bits per heavy atom. The largest absolute Gasteiger partial charge is 0.497 e. The predicted molar refractivity (Wildman–Crippen MR) is 82.6 cm³/mol. The van der Waals surface area contributed by atoms with Crippen LogP contribution in [0.3, 0.4) is 0 Å². The second-order valence-corrected chi connectivity index (χ2v) is 7.25. The van der Waals surface area contributed by atoms with Gasteiger partial charge in [0.15, 0.2) is 0 Å². The van der Waals surface area contributed by atoms with Crippen LogP contribution in [0, 0.1) is 11.3 Å². The molecule has 4 atom stereocenters. The van der Waals surface area contributed by atoms with E-state index in [2.05, 4.69) is 19.1 Å². The maximum Gasteiger partial charge on any atom is 0.119 e. The third-order valence-electron chi connectivity index (χ3n) is 6.24. The number of hydrogen-bond donors (Lipinski definition) is 2. The summed E-state index contributed by atoms with van der Waals surface area (Å²) in [6, 6.07) is 6.37. The van der Waals surface area contributed by atoms with E-state index >= 15 is 0 Å². The van der Waals surface area contributed by atoms with Gasteiger partial charge in [0.1, 0.15) is 5.75 Å². The molecule has 3 heteroatoms. The minimum atomic E-state index is -0.410. The molecule has 3 rings (SSSR count). The smallest absolute Gasteiger partial charge is 0.119 e. The highest BCUT2D eigenvalue weighted by atomic mass is 16.5. The van der Waals surface area contributed by atoms with Crippen molar-refractivity contribution in [2.24, 2.45) is 11.3 Å². The third-order valence-corrected chi connectivity index (χ3v) is 6.24. The summed E-state index contributed by atoms with van der Waals surface area (Å²) in [6.07, 6.45) is 3.36. The fourth-order valence-electron chi connectivity index (χ4n) is 4.82. The lowest BCUT2D eigenvalue weighted by molar-refractivity contribution is -0.110. The van der Waals surface area contributed by atoms with E-state index in [1.807, 2.05) is 13.0 Å². The van der Waals surface area contributed by atoms with Crippen molar-refractivity contribution in [2.75, 3.05) is 13.7 Å². The molecule has 0 saturated heterocycles. The number of fused-ring (bicyclic) bond motifs is 3. The molecule has 1 aromatic carbocycles. The molecule has 1 aromatic rings. The van der Waals surface area contributed by atoms with Crippen molar-refractivity contribution in [3.63, 3.8) is 0 Å². The molecule has 2 N–H and O–H groups in total. The second kappa shape index (κ2) is 4.99. The molecule has 1 fully saturated rings. The molecule has 2 aliphatic rings. The van der Waals surface area contributed by atoms with Crippen molar-refractivity contribution in [1.82, 2.24) is 0 Å². The first-order valence-electron chi connectivity index (χ1n) is 7.92. The molecule has 116 valence electrons. The molecule has 0 aliphatic heterocycles. The summed E-state index contributed by atoms with van der Waals surface area (Å²) in [7, 11) is 1.70. The minimum absolute atomic E-state index is 0.0127. The summed E-state index contributed by atoms with van der Waals surface area (Å²) in [4.78, 5) is 0. The monoisotopic (exact) mass is 290 g/mol. The van der Waals surface area contributed by atoms with Crippen molar-refractivity contribution in [2.45, 2.75) is 51.0 Å². The van der Waals surface area contributed by atoms with Crippen LogP contribution < -0.4 is 4.74 Å². The zero-order chi connectivity index (χ0) is 15.3. The molecular weight excluding hydrogens is 264 g/mol. The van der Waals surface area contributed by atoms with E-state index in [1.165, 1.54) is 11.1 Å². The number of hydrogen-bond acceptors (Lipinski definition) is 3. The Hall–Kier alpha value is -1.06. The number of aliphatic hydroxyl groups is 2. The first kappa shape index (κ1) is 14.9. The van der Waals surface area contributed by atoms with Crippen molar-refractivity contribution >= 4 is 0 Å². The van der Waals surface area contributed by atoms with Crippen LogP contribution in [0.1, 0.15) is 44.2 Å². The lowest BCUT2D eigenvalue weighted by atomic mass is 9.49. The SMILES string of the molecule is COc1ccc2c(c1)[C@@]1(C)CC[C@@H](O)[C@@](C)(CO)[C@@H]1CC2. The molecule has 0 radical (unpaired) electrons. The average molecular weight is 290 g/mol. The van der Waals surface area contributed by atoms with E-state index in [0.717, 1.165) is 31.4 Å². The molecule has 1 saturated carbocycles. The zero-order valence-electron chi connectivity index (χ0n) is 13.2. The van der Waals surface area contributed by atoms with Gasteiger partial charge in [0, 0.05) is 5.41 Å². The van der Waals surface area contributed by atoms with E-state index in [0.29, 0.717) is 5.92 Å². The number of methoxy groups -OCH3 is 1. The normalized spacial score (nSPS) is 38.5. The van der Waals surface area contributed by atoms with Crippen molar-refractivity contribution in [1.29, 1.82) is 0 Å². The summed E-state index contributed by atoms with van der Waals surface area (Å²) >= 11 is 0. The quantitative estimate of drug-likeness (QED) is 0.880. The van der Waals surface area contributed by atoms with Crippen LogP contribution in [-0.2, 0) is 11.8 Å². The molecular formula is C18H26O3. The maximum absolute atomic E-state index is 10.4. The van der Waals surface area contributed by atoms with Crippen LogP contribution in [0.5, 0.6) is 5.75 Å². The van der Waals surface area contributed by atoms with Gasteiger partial charge >= 0.3 is 0 Å². The van der Waals surface area contributed by atoms with E-state index < -0.39 is 11.5 Å². The van der Waals surface area contributed by atoms with Crippen molar-refractivity contribution < 1.29 is 14.9 Å². The van der Waals surface area contributed by atoms with Crippen molar-refractivity contribution in [3.8, 4) is 5.75 Å². The Balaban J connectivity index is 2.10. The number of aliphatic hydroxyl groups excluding tert-OH is 2. The van der Waals surface area contributed by atoms with E-state index in [4.69, 9.17) is 4.74 Å². The fraction of sp³-hybridized carbons (Fsp3) is 0.667. The first-order chi connectivity index (χ1) is 9.95. The van der Waals surface area contributed by atoms with E-state index in [1.54, 1.807) is 7.11 Å². The lowest BCUT2D eigenvalue weighted by Crippen LogP contribution is -2.56. The predicted octanol–water partition coefficient (Wildman–Crippen LogP) is 2.67. The van der Waals surface area contributed by atoms with Crippen LogP contribution in [0.25, 0.3) is 0 Å². The van der Waals surface area contributed by atoms with Crippen LogP contribution in [0.4, 0.5) is 0 Å². The Bertz CT molecular complexity index is 541. The van der Waals surface area contributed by atoms with Gasteiger partial charge in [-0.25, -0.2) is 0 Å². The molecule has 0 unspecified atom stereocenters. The van der Waals surface area contributed by atoms with Crippen molar-refractivity contribution in [3.05, 3.63) is 29.3 Å². The second-order valence-electron chi connectivity index (χ2n) is 7.25. The summed E-state index contributed by atoms with van der Waals surface area (Å²) in [5.74, 6) is 1.20. The van der Waals surface area contributed by atoms with Gasteiger partial charge < -0.3 is 14.9 Å². The van der Waals surface area contributed by atoms with Gasteiger partial charge in [-0.05, 0) is 60.3 Å². The van der Waals surface area contributed by atoms with Gasteiger partial charge in [0.2, 0.25) is 0 Å². The molecule has 2 aliphatic carbocycles. The maximum atomic E-state index is 10.4. The number of ether oxygens (including phenoxy) is 1. The highest BCUT2D eigenvalue weighted by molar-refractivity contribution is 5.44. The van der Waals surface area contributed by atoms with Crippen LogP contribution in [0.2, 0.25) is 0 Å². The Morgan fingerprint density at radius 3 is 2.71 bits per heavy atom. The van der Waals surface area contributed by atoms with Gasteiger partial charge in [-0.3, -0.25) is 0 Å². The fourth-order valence-corrected chi connectivity index (χ4v) is 4.82. The molecule has 0 bridgehead atoms. The van der Waals surface area contributed by atoms with Gasteiger partial charge in [-0.2, -0.15) is 0 Å². The zero-order valence-corrected chi connectivity index (χ0v) is 13.2. The van der Waals surface area contributed by atoms with E-state index in [-0.39, 0.29) is 12.0 Å². The first-order valence-corrected chi connectivity index (χ1v) is 7.92. The average Bonchev–Trinajstić information content (AvgIpc) is 2.51. The van der Waals surface area contributed by atoms with Crippen LogP contribution in [0.15, 0.2) is 18.2 Å². The van der Waals surface area contributed by atoms with E-state index in [9.17, 15) is 10.2 Å². The van der Waals surface area contributed by atoms with Gasteiger partial charge in [0.25, 0.3) is 0 Å². The molecule has 0 aromatic heterocycles. The Kier molecular flexibility index (Phi) is 3.53. The number of benzene rings is 1.